The van der Waals surface area contributed by atoms with Crippen LogP contribution in [0.5, 0.6) is 0 Å². The summed E-state index contributed by atoms with van der Waals surface area (Å²) in [5, 5.41) is 20.6. The average Bonchev–Trinajstić information content (AvgIpc) is 3.31. The number of aliphatic hydroxyl groups is 1. The van der Waals surface area contributed by atoms with Crippen molar-refractivity contribution in [2.24, 2.45) is 7.05 Å². The molecule has 0 aliphatic carbocycles. The van der Waals surface area contributed by atoms with E-state index in [1.807, 2.05) is 0 Å². The van der Waals surface area contributed by atoms with Gasteiger partial charge in [-0.05, 0) is 25.1 Å². The first-order valence-corrected chi connectivity index (χ1v) is 9.65. The highest BCUT2D eigenvalue weighted by Crippen LogP contribution is 2.34. The molecule has 27 heavy (non-hydrogen) atoms. The van der Waals surface area contributed by atoms with Gasteiger partial charge >= 0.3 is 0 Å². The molecule has 0 spiro atoms. The number of rotatable bonds is 3. The normalized spacial score (nSPS) is 24.0. The summed E-state index contributed by atoms with van der Waals surface area (Å²) >= 11 is 0. The van der Waals surface area contributed by atoms with E-state index >= 15 is 0 Å². The van der Waals surface area contributed by atoms with Gasteiger partial charge < -0.3 is 14.2 Å². The molecule has 0 saturated carbocycles. The Morgan fingerprint density at radius 3 is 2.89 bits per heavy atom. The van der Waals surface area contributed by atoms with Crippen molar-refractivity contribution in [2.75, 3.05) is 20.1 Å². The quantitative estimate of drug-likeness (QED) is 0.762. The number of hydrogen-bond acceptors (Lipinski definition) is 5. The molecule has 2 aliphatic rings. The number of aromatic nitrogens is 4. The number of para-hydroxylation sites is 1. The Labute approximate surface area is 158 Å². The molecule has 7 nitrogen and oxygen atoms in total. The lowest BCUT2D eigenvalue weighted by Crippen LogP contribution is -2.33. The molecule has 7 heteroatoms. The summed E-state index contributed by atoms with van der Waals surface area (Å²) in [6.07, 6.45) is 2.61. The zero-order chi connectivity index (χ0) is 18.5. The summed E-state index contributed by atoms with van der Waals surface area (Å²) in [5.74, 6) is 2.04. The molecule has 0 amide bonds. The van der Waals surface area contributed by atoms with Gasteiger partial charge in [-0.25, -0.2) is 0 Å². The molecular weight excluding hydrogens is 340 g/mol. The van der Waals surface area contributed by atoms with Crippen LogP contribution in [0.1, 0.15) is 29.7 Å². The molecule has 1 fully saturated rings. The molecule has 0 unspecified atom stereocenters. The van der Waals surface area contributed by atoms with Crippen LogP contribution in [0.3, 0.4) is 0 Å². The van der Waals surface area contributed by atoms with Gasteiger partial charge in [-0.15, -0.1) is 10.2 Å². The first kappa shape index (κ1) is 16.9. The number of aliphatic hydroxyl groups excluding tert-OH is 1. The van der Waals surface area contributed by atoms with Crippen molar-refractivity contribution in [2.45, 2.75) is 38.2 Å². The van der Waals surface area contributed by atoms with Gasteiger partial charge in [0.1, 0.15) is 5.82 Å². The summed E-state index contributed by atoms with van der Waals surface area (Å²) in [4.78, 5) is 4.63. The average molecular weight is 366 g/mol. The van der Waals surface area contributed by atoms with Crippen LogP contribution >= 0.6 is 0 Å². The van der Waals surface area contributed by atoms with E-state index in [1.54, 1.807) is 0 Å². The lowest BCUT2D eigenvalue weighted by atomic mass is 10.1. The standard InChI is InChI=1S/C20H26N6O/c1-23-7-8-26-19(13-23)21-22-20(26)18-9-15(27)12-25(18)11-14-10-24(2)17-6-4-3-5-16(14)17/h3-6,10,15,18,27H,7-9,11-13H2,1-2H3/t15-,18-/m0/s1. The molecule has 1 N–H and O–H groups in total. The van der Waals surface area contributed by atoms with Crippen molar-refractivity contribution in [3.05, 3.63) is 47.7 Å². The maximum atomic E-state index is 10.4. The zero-order valence-corrected chi connectivity index (χ0v) is 15.9. The van der Waals surface area contributed by atoms with Crippen molar-refractivity contribution in [1.29, 1.82) is 0 Å². The van der Waals surface area contributed by atoms with Gasteiger partial charge in [-0.1, -0.05) is 18.2 Å². The van der Waals surface area contributed by atoms with Crippen molar-refractivity contribution in [3.63, 3.8) is 0 Å². The summed E-state index contributed by atoms with van der Waals surface area (Å²) in [6.45, 7) is 4.26. The third-order valence-electron chi connectivity index (χ3n) is 6.00. The van der Waals surface area contributed by atoms with Crippen LogP contribution in [-0.4, -0.2) is 60.5 Å². The first-order valence-electron chi connectivity index (χ1n) is 9.65. The van der Waals surface area contributed by atoms with Crippen molar-refractivity contribution in [1.82, 2.24) is 29.1 Å². The maximum Gasteiger partial charge on any atom is 0.150 e. The number of hydrogen-bond donors (Lipinski definition) is 1. The smallest absolute Gasteiger partial charge is 0.150 e. The first-order chi connectivity index (χ1) is 13.1. The Hall–Kier alpha value is -2.22. The topological polar surface area (TPSA) is 62.4 Å². The fourth-order valence-electron chi connectivity index (χ4n) is 4.64. The Morgan fingerprint density at radius 2 is 2.00 bits per heavy atom. The third kappa shape index (κ3) is 2.86. The van der Waals surface area contributed by atoms with Crippen LogP contribution < -0.4 is 0 Å². The molecule has 2 aliphatic heterocycles. The predicted octanol–water partition coefficient (Wildman–Crippen LogP) is 1.52. The SMILES string of the molecule is CN1CCn2c(nnc2[C@@H]2C[C@H](O)CN2Cc2cn(C)c3ccccc23)C1. The van der Waals surface area contributed by atoms with Crippen LogP contribution in [0.25, 0.3) is 10.9 Å². The van der Waals surface area contributed by atoms with E-state index in [2.05, 4.69) is 73.7 Å². The fourth-order valence-corrected chi connectivity index (χ4v) is 4.64. The molecular formula is C20H26N6O. The molecule has 1 saturated heterocycles. The van der Waals surface area contributed by atoms with Crippen LogP contribution in [0.4, 0.5) is 0 Å². The van der Waals surface area contributed by atoms with Crippen molar-refractivity contribution in [3.8, 4) is 0 Å². The molecule has 0 bridgehead atoms. The number of nitrogens with zero attached hydrogens (tertiary/aromatic N) is 6. The molecule has 3 aromatic rings. The number of benzene rings is 1. The second kappa shape index (κ2) is 6.44. The van der Waals surface area contributed by atoms with Gasteiger partial charge in [0.25, 0.3) is 0 Å². The fraction of sp³-hybridized carbons (Fsp3) is 0.500. The van der Waals surface area contributed by atoms with E-state index in [4.69, 9.17) is 0 Å². The Bertz CT molecular complexity index is 976. The van der Waals surface area contributed by atoms with Gasteiger partial charge in [-0.3, -0.25) is 9.80 Å². The Kier molecular flexibility index (Phi) is 4.03. The van der Waals surface area contributed by atoms with Crippen molar-refractivity contribution >= 4 is 10.9 Å². The lowest BCUT2D eigenvalue weighted by molar-refractivity contribution is 0.172. The molecule has 2 atom stereocenters. The van der Waals surface area contributed by atoms with E-state index in [1.165, 1.54) is 16.5 Å². The number of aryl methyl sites for hydroxylation is 1. The molecule has 1 aromatic carbocycles. The lowest BCUT2D eigenvalue weighted by Gasteiger charge is -2.27. The molecule has 142 valence electrons. The van der Waals surface area contributed by atoms with Crippen LogP contribution in [0.15, 0.2) is 30.5 Å². The number of likely N-dealkylation sites (N-methyl/N-ethyl adjacent to an activating group) is 1. The number of likely N-dealkylation sites (tertiary alicyclic amines) is 1. The Morgan fingerprint density at radius 1 is 1.15 bits per heavy atom. The summed E-state index contributed by atoms with van der Waals surface area (Å²) in [5.41, 5.74) is 2.54. The summed E-state index contributed by atoms with van der Waals surface area (Å²) in [6, 6.07) is 8.62. The minimum absolute atomic E-state index is 0.114. The van der Waals surface area contributed by atoms with Crippen molar-refractivity contribution < 1.29 is 5.11 Å². The number of fused-ring (bicyclic) bond motifs is 2. The molecule has 5 rings (SSSR count). The van der Waals surface area contributed by atoms with Crippen LogP contribution in [0.2, 0.25) is 0 Å². The van der Waals surface area contributed by atoms with Gasteiger partial charge in [0, 0.05) is 50.3 Å². The summed E-state index contributed by atoms with van der Waals surface area (Å²) < 4.78 is 4.44. The third-order valence-corrected chi connectivity index (χ3v) is 6.00. The highest BCUT2D eigenvalue weighted by atomic mass is 16.3. The van der Waals surface area contributed by atoms with Gasteiger partial charge in [0.05, 0.1) is 18.7 Å². The maximum absolute atomic E-state index is 10.4. The summed E-state index contributed by atoms with van der Waals surface area (Å²) in [7, 11) is 4.21. The predicted molar refractivity (Wildman–Crippen MR) is 103 cm³/mol. The van der Waals surface area contributed by atoms with E-state index < -0.39 is 0 Å². The largest absolute Gasteiger partial charge is 0.392 e. The highest BCUT2D eigenvalue weighted by Gasteiger charge is 2.36. The van der Waals surface area contributed by atoms with Crippen LogP contribution in [-0.2, 0) is 26.7 Å². The zero-order valence-electron chi connectivity index (χ0n) is 15.9. The Balaban J connectivity index is 1.47. The monoisotopic (exact) mass is 366 g/mol. The minimum Gasteiger partial charge on any atom is -0.392 e. The minimum atomic E-state index is -0.316. The second-order valence-corrected chi connectivity index (χ2v) is 7.98. The van der Waals surface area contributed by atoms with E-state index in [0.29, 0.717) is 6.54 Å². The van der Waals surface area contributed by atoms with Gasteiger partial charge in [0.15, 0.2) is 5.82 Å². The number of β-amino-alcohol motifs (C(OH)–C–C–N with tert-alkyl or cyclic N) is 1. The molecule has 2 aromatic heterocycles. The molecule has 0 radical (unpaired) electrons. The molecule has 4 heterocycles. The van der Waals surface area contributed by atoms with E-state index in [9.17, 15) is 5.11 Å². The van der Waals surface area contributed by atoms with Gasteiger partial charge in [-0.2, -0.15) is 0 Å². The van der Waals surface area contributed by atoms with Crippen LogP contribution in [0, 0.1) is 0 Å². The van der Waals surface area contributed by atoms with Gasteiger partial charge in [0.2, 0.25) is 0 Å². The van der Waals surface area contributed by atoms with E-state index in [0.717, 1.165) is 44.2 Å². The highest BCUT2D eigenvalue weighted by molar-refractivity contribution is 5.83. The second-order valence-electron chi connectivity index (χ2n) is 7.98. The van der Waals surface area contributed by atoms with E-state index in [-0.39, 0.29) is 12.1 Å².